The van der Waals surface area contributed by atoms with E-state index < -0.39 is 51.7 Å². The largest absolute Gasteiger partial charge is 0.481 e. The lowest BCUT2D eigenvalue weighted by molar-refractivity contribution is -0.163. The van der Waals surface area contributed by atoms with Gasteiger partial charge < -0.3 is 20.1 Å². The molecule has 2 aromatic carbocycles. The highest BCUT2D eigenvalue weighted by atomic mass is 32.2. The summed E-state index contributed by atoms with van der Waals surface area (Å²) in [6.45, 7) is 9.46. The second-order valence-corrected chi connectivity index (χ2v) is 12.4. The minimum absolute atomic E-state index is 0.0310. The third kappa shape index (κ3) is 11.2. The molecule has 7 nitrogen and oxygen atoms in total. The number of nitrogens with one attached hydrogen (secondary N) is 1. The highest BCUT2D eigenvalue weighted by Gasteiger charge is 2.46. The van der Waals surface area contributed by atoms with Crippen LogP contribution in [0.2, 0.25) is 0 Å². The molecule has 1 heterocycles. The van der Waals surface area contributed by atoms with Crippen molar-refractivity contribution in [1.29, 1.82) is 0 Å². The number of carbonyl (C=O) groups excluding carboxylic acids is 1. The van der Waals surface area contributed by atoms with Crippen LogP contribution in [0.1, 0.15) is 63.1 Å². The number of alkyl halides is 6. The number of nitrogens with zero attached hydrogens (tertiary/aromatic N) is 2. The average molecular weight is 704 g/mol. The van der Waals surface area contributed by atoms with Gasteiger partial charge in [-0.2, -0.15) is 26.3 Å². The molecule has 2 fully saturated rings. The van der Waals surface area contributed by atoms with Gasteiger partial charge in [0.15, 0.2) is 0 Å². The van der Waals surface area contributed by atoms with Gasteiger partial charge in [-0.15, -0.1) is 0 Å². The monoisotopic (exact) mass is 703 g/mol. The van der Waals surface area contributed by atoms with Crippen LogP contribution in [0.25, 0.3) is 6.08 Å². The highest BCUT2D eigenvalue weighted by Crippen LogP contribution is 2.48. The molecule has 0 radical (unpaired) electrons. The first kappa shape index (κ1) is 39.2. The highest BCUT2D eigenvalue weighted by molar-refractivity contribution is 7.99. The zero-order valence-corrected chi connectivity index (χ0v) is 28.1. The molecule has 14 heteroatoms. The fourth-order valence-electron chi connectivity index (χ4n) is 5.70. The third-order valence-electron chi connectivity index (χ3n) is 8.12. The lowest BCUT2D eigenvalue weighted by Crippen LogP contribution is -2.49. The van der Waals surface area contributed by atoms with Gasteiger partial charge in [-0.1, -0.05) is 37.7 Å². The third-order valence-corrected chi connectivity index (χ3v) is 9.17. The topological polar surface area (TPSA) is 82.1 Å². The first-order valence-electron chi connectivity index (χ1n) is 16.1. The molecule has 2 N–H and O–H groups in total. The molecular formula is C34H43F6N3O4S. The minimum Gasteiger partial charge on any atom is -0.481 e. The number of amides is 1. The maximum atomic E-state index is 14.4. The Hall–Kier alpha value is -3.23. The Labute approximate surface area is 281 Å². The summed E-state index contributed by atoms with van der Waals surface area (Å²) in [5.41, 5.74) is -3.84. The van der Waals surface area contributed by atoms with Crippen LogP contribution in [0.3, 0.4) is 0 Å². The molecule has 266 valence electrons. The molecule has 1 amide bonds. The number of halogens is 6. The van der Waals surface area contributed by atoms with E-state index in [0.29, 0.717) is 94.0 Å². The molecule has 1 saturated carbocycles. The molecule has 1 aliphatic heterocycles. The summed E-state index contributed by atoms with van der Waals surface area (Å²) in [4.78, 5) is 27.2. The van der Waals surface area contributed by atoms with Gasteiger partial charge in [0.2, 0.25) is 5.91 Å². The molecule has 4 rings (SSSR count). The van der Waals surface area contributed by atoms with Crippen molar-refractivity contribution in [2.24, 2.45) is 5.92 Å². The summed E-state index contributed by atoms with van der Waals surface area (Å²) < 4.78 is 91.3. The van der Waals surface area contributed by atoms with E-state index in [1.54, 1.807) is 18.2 Å². The van der Waals surface area contributed by atoms with E-state index in [-0.39, 0.29) is 6.04 Å². The average Bonchev–Trinajstić information content (AvgIpc) is 3.04. The Morgan fingerprint density at radius 1 is 0.958 bits per heavy atom. The molecule has 0 aromatic heterocycles. The summed E-state index contributed by atoms with van der Waals surface area (Å²) in [6, 6.07) is 8.28. The number of rotatable bonds is 11. The Balaban J connectivity index is 0.00000307. The van der Waals surface area contributed by atoms with Gasteiger partial charge in [0.25, 0.3) is 0 Å². The lowest BCUT2D eigenvalue weighted by atomic mass is 9.86. The Morgan fingerprint density at radius 2 is 1.60 bits per heavy atom. The summed E-state index contributed by atoms with van der Waals surface area (Å²) in [6.07, 6.45) is -6.80. The number of piperazine rings is 1. The summed E-state index contributed by atoms with van der Waals surface area (Å²) >= 11 is 0.564. The van der Waals surface area contributed by atoms with Crippen LogP contribution in [-0.2, 0) is 26.7 Å². The van der Waals surface area contributed by atoms with E-state index in [9.17, 15) is 41.0 Å². The Bertz CT molecular complexity index is 1390. The van der Waals surface area contributed by atoms with Crippen LogP contribution in [-0.4, -0.2) is 78.8 Å². The first-order valence-corrected chi connectivity index (χ1v) is 16.9. The quantitative estimate of drug-likeness (QED) is 0.139. The molecule has 2 aromatic rings. The van der Waals surface area contributed by atoms with E-state index in [1.165, 1.54) is 11.0 Å². The number of anilines is 1. The molecule has 1 saturated heterocycles. The summed E-state index contributed by atoms with van der Waals surface area (Å²) in [5, 5.41) is 12.5. The van der Waals surface area contributed by atoms with Gasteiger partial charge in [0, 0.05) is 66.9 Å². The van der Waals surface area contributed by atoms with Gasteiger partial charge in [-0.3, -0.25) is 14.5 Å². The zero-order chi connectivity index (χ0) is 35.5. The van der Waals surface area contributed by atoms with Gasteiger partial charge in [-0.05, 0) is 68.5 Å². The number of carboxylic acids is 1. The number of aliphatic carboxylic acids is 1. The molecule has 0 atom stereocenters. The predicted molar refractivity (Wildman–Crippen MR) is 174 cm³/mol. The minimum atomic E-state index is -5.35. The fraction of sp³-hybridized carbons (Fsp3) is 0.529. The van der Waals surface area contributed by atoms with Crippen molar-refractivity contribution in [1.82, 2.24) is 9.80 Å². The standard InChI is InChI=1S/C32H37F6N3O4S.C2H6/c1-2-45-19-18-40-14-16-41(17-15-40)27(42)13-9-21-8-12-26(29(32(36,37)38)28(21)31(33,34)35)46-25-5-3-4-24(20-25)39-23-10-6-22(7-11-23)30(43)44;1-2/h3-5,8-9,12-13,20,22-23,39H,2,6-7,10-11,14-19H2,1H3,(H,43,44);1-2H3/b13-9+;. The van der Waals surface area contributed by atoms with E-state index in [2.05, 4.69) is 10.2 Å². The van der Waals surface area contributed by atoms with Crippen molar-refractivity contribution < 1.29 is 45.8 Å². The Kier molecular flexibility index (Phi) is 14.7. The molecule has 48 heavy (non-hydrogen) atoms. The van der Waals surface area contributed by atoms with E-state index in [1.807, 2.05) is 20.8 Å². The van der Waals surface area contributed by atoms with E-state index in [4.69, 9.17) is 4.74 Å². The Morgan fingerprint density at radius 3 is 2.19 bits per heavy atom. The van der Waals surface area contributed by atoms with Gasteiger partial charge in [-0.25, -0.2) is 0 Å². The van der Waals surface area contributed by atoms with Crippen LogP contribution >= 0.6 is 11.8 Å². The summed E-state index contributed by atoms with van der Waals surface area (Å²) in [5.74, 6) is -1.83. The first-order chi connectivity index (χ1) is 22.8. The van der Waals surface area contributed by atoms with Crippen molar-refractivity contribution >= 4 is 35.4 Å². The predicted octanol–water partition coefficient (Wildman–Crippen LogP) is 8.15. The van der Waals surface area contributed by atoms with Crippen molar-refractivity contribution in [2.45, 2.75) is 74.6 Å². The number of benzene rings is 2. The number of hydrogen-bond acceptors (Lipinski definition) is 6. The molecule has 1 aliphatic carbocycles. The maximum Gasteiger partial charge on any atom is 0.418 e. The molecule has 0 unspecified atom stereocenters. The maximum absolute atomic E-state index is 14.4. The molecule has 2 aliphatic rings. The van der Waals surface area contributed by atoms with Crippen LogP contribution in [0.15, 0.2) is 52.3 Å². The number of carbonyl (C=O) groups is 2. The normalized spacial score (nSPS) is 19.1. The van der Waals surface area contributed by atoms with Crippen LogP contribution in [0.4, 0.5) is 32.0 Å². The summed E-state index contributed by atoms with van der Waals surface area (Å²) in [7, 11) is 0. The second-order valence-electron chi connectivity index (χ2n) is 11.3. The van der Waals surface area contributed by atoms with Crippen molar-refractivity contribution in [3.63, 3.8) is 0 Å². The number of ether oxygens (including phenoxy) is 1. The van der Waals surface area contributed by atoms with Crippen LogP contribution in [0, 0.1) is 5.92 Å². The molecular weight excluding hydrogens is 660 g/mol. The van der Waals surface area contributed by atoms with E-state index in [0.717, 1.165) is 24.3 Å². The van der Waals surface area contributed by atoms with Crippen molar-refractivity contribution in [3.8, 4) is 0 Å². The van der Waals surface area contributed by atoms with Gasteiger partial charge in [0.1, 0.15) is 0 Å². The fourth-order valence-corrected chi connectivity index (χ4v) is 6.75. The SMILES string of the molecule is CC.CCOCCN1CCN(C(=O)/C=C/c2ccc(Sc3cccc(NC4CCC(C(=O)O)CC4)c3)c(C(F)(F)F)c2C(F)(F)F)CC1. The van der Waals surface area contributed by atoms with Gasteiger partial charge >= 0.3 is 18.3 Å². The molecule has 0 spiro atoms. The van der Waals surface area contributed by atoms with Crippen LogP contribution in [0.5, 0.6) is 0 Å². The lowest BCUT2D eigenvalue weighted by Gasteiger charge is -2.34. The van der Waals surface area contributed by atoms with Crippen LogP contribution < -0.4 is 5.32 Å². The van der Waals surface area contributed by atoms with Gasteiger partial charge in [0.05, 0.1) is 23.7 Å². The van der Waals surface area contributed by atoms with E-state index >= 15 is 0 Å². The number of hydrogen-bond donors (Lipinski definition) is 2. The van der Waals surface area contributed by atoms with Crippen molar-refractivity contribution in [2.75, 3.05) is 51.3 Å². The zero-order valence-electron chi connectivity index (χ0n) is 27.3. The van der Waals surface area contributed by atoms with Crippen molar-refractivity contribution in [3.05, 3.63) is 59.2 Å². The molecule has 0 bridgehead atoms. The smallest absolute Gasteiger partial charge is 0.418 e. The number of carboxylic acid groups (broad SMARTS) is 1. The second kappa shape index (κ2) is 18.0.